The fourth-order valence-electron chi connectivity index (χ4n) is 2.93. The van der Waals surface area contributed by atoms with E-state index in [9.17, 15) is 8.42 Å². The molecular formula is C20H24O4S. The van der Waals surface area contributed by atoms with Crippen LogP contribution >= 0.6 is 0 Å². The summed E-state index contributed by atoms with van der Waals surface area (Å²) in [5.74, 6) is 0.481. The van der Waals surface area contributed by atoms with Crippen LogP contribution in [-0.4, -0.2) is 21.1 Å². The second-order valence-corrected chi connectivity index (χ2v) is 8.25. The number of aryl methyl sites for hydroxylation is 1. The Kier molecular flexibility index (Phi) is 5.89. The van der Waals surface area contributed by atoms with Crippen molar-refractivity contribution in [2.75, 3.05) is 6.61 Å². The van der Waals surface area contributed by atoms with E-state index in [0.717, 1.165) is 24.8 Å². The SMILES string of the molecule is Cc1ccc(S(=O)(=O)OCCC2CC(OCc3ccccc3)C2)cc1. The Morgan fingerprint density at radius 2 is 1.68 bits per heavy atom. The first-order valence-electron chi connectivity index (χ1n) is 8.64. The Hall–Kier alpha value is -1.69. The van der Waals surface area contributed by atoms with E-state index in [1.807, 2.05) is 25.1 Å². The first kappa shape index (κ1) is 18.1. The van der Waals surface area contributed by atoms with E-state index in [1.54, 1.807) is 24.3 Å². The molecule has 1 saturated carbocycles. The van der Waals surface area contributed by atoms with Gasteiger partial charge in [0, 0.05) is 0 Å². The molecule has 5 heteroatoms. The Morgan fingerprint density at radius 1 is 1.00 bits per heavy atom. The van der Waals surface area contributed by atoms with Crippen LogP contribution in [0.1, 0.15) is 30.4 Å². The standard InChI is InChI=1S/C20H24O4S/c1-16-7-9-20(10-8-16)25(21,22)24-12-11-18-13-19(14-18)23-15-17-5-3-2-4-6-17/h2-10,18-19H,11-15H2,1H3. The number of rotatable bonds is 8. The van der Waals surface area contributed by atoms with Gasteiger partial charge in [-0.25, -0.2) is 0 Å². The molecule has 0 bridgehead atoms. The highest BCUT2D eigenvalue weighted by Gasteiger charge is 2.30. The highest BCUT2D eigenvalue weighted by atomic mass is 32.2. The van der Waals surface area contributed by atoms with Crippen molar-refractivity contribution in [3.63, 3.8) is 0 Å². The van der Waals surface area contributed by atoms with E-state index in [4.69, 9.17) is 8.92 Å². The molecule has 2 aromatic carbocycles. The smallest absolute Gasteiger partial charge is 0.296 e. The van der Waals surface area contributed by atoms with Gasteiger partial charge in [0.05, 0.1) is 24.2 Å². The van der Waals surface area contributed by atoms with Crippen LogP contribution in [0.4, 0.5) is 0 Å². The largest absolute Gasteiger partial charge is 0.374 e. The van der Waals surface area contributed by atoms with Crippen LogP contribution in [0.25, 0.3) is 0 Å². The summed E-state index contributed by atoms with van der Waals surface area (Å²) in [4.78, 5) is 0.218. The molecule has 0 heterocycles. The quantitative estimate of drug-likeness (QED) is 0.666. The molecule has 0 spiro atoms. The minimum absolute atomic E-state index is 0.218. The third-order valence-electron chi connectivity index (χ3n) is 4.60. The van der Waals surface area contributed by atoms with E-state index in [2.05, 4.69) is 12.1 Å². The van der Waals surface area contributed by atoms with E-state index < -0.39 is 10.1 Å². The fraction of sp³-hybridized carbons (Fsp3) is 0.400. The molecule has 2 aromatic rings. The molecule has 0 saturated heterocycles. The Morgan fingerprint density at radius 3 is 2.36 bits per heavy atom. The second kappa shape index (κ2) is 8.13. The highest BCUT2D eigenvalue weighted by molar-refractivity contribution is 7.86. The Balaban J connectivity index is 1.35. The zero-order valence-electron chi connectivity index (χ0n) is 14.4. The monoisotopic (exact) mass is 360 g/mol. The molecule has 0 radical (unpaired) electrons. The average Bonchev–Trinajstić information content (AvgIpc) is 2.57. The van der Waals surface area contributed by atoms with Crippen LogP contribution in [-0.2, 0) is 25.6 Å². The van der Waals surface area contributed by atoms with Gasteiger partial charge in [-0.3, -0.25) is 4.18 Å². The molecule has 1 aliphatic carbocycles. The maximum atomic E-state index is 12.1. The van der Waals surface area contributed by atoms with Crippen LogP contribution in [0.5, 0.6) is 0 Å². The third-order valence-corrected chi connectivity index (χ3v) is 5.92. The molecule has 4 nitrogen and oxygen atoms in total. The van der Waals surface area contributed by atoms with E-state index in [0.29, 0.717) is 12.5 Å². The molecule has 0 aromatic heterocycles. The summed E-state index contributed by atoms with van der Waals surface area (Å²) in [7, 11) is -3.65. The molecule has 0 N–H and O–H groups in total. The van der Waals surface area contributed by atoms with Gasteiger partial charge in [0.25, 0.3) is 10.1 Å². The van der Waals surface area contributed by atoms with Crippen LogP contribution in [0.2, 0.25) is 0 Å². The predicted molar refractivity (Wildman–Crippen MR) is 96.7 cm³/mol. The summed E-state index contributed by atoms with van der Waals surface area (Å²) in [6, 6.07) is 16.8. The minimum atomic E-state index is -3.65. The van der Waals surface area contributed by atoms with Gasteiger partial charge in [0.2, 0.25) is 0 Å². The first-order chi connectivity index (χ1) is 12.0. The zero-order chi connectivity index (χ0) is 17.7. The van der Waals surface area contributed by atoms with Crippen molar-refractivity contribution >= 4 is 10.1 Å². The Bertz CT molecular complexity index is 763. The van der Waals surface area contributed by atoms with Gasteiger partial charge in [-0.1, -0.05) is 48.0 Å². The summed E-state index contributed by atoms with van der Waals surface area (Å²) >= 11 is 0. The molecule has 25 heavy (non-hydrogen) atoms. The normalized spacial score (nSPS) is 20.2. The molecule has 3 rings (SSSR count). The van der Waals surface area contributed by atoms with Gasteiger partial charge >= 0.3 is 0 Å². The molecule has 134 valence electrons. The number of benzene rings is 2. The van der Waals surface area contributed by atoms with E-state index in [-0.39, 0.29) is 17.6 Å². The Labute approximate surface area is 149 Å². The summed E-state index contributed by atoms with van der Waals surface area (Å²) in [6.45, 7) is 2.78. The topological polar surface area (TPSA) is 52.6 Å². The van der Waals surface area contributed by atoms with E-state index >= 15 is 0 Å². The fourth-order valence-corrected chi connectivity index (χ4v) is 3.85. The summed E-state index contributed by atoms with van der Waals surface area (Å²) in [5.41, 5.74) is 2.20. The van der Waals surface area contributed by atoms with Gasteiger partial charge in [-0.2, -0.15) is 8.42 Å². The molecule has 0 atom stereocenters. The van der Waals surface area contributed by atoms with Gasteiger partial charge in [-0.05, 0) is 49.8 Å². The van der Waals surface area contributed by atoms with Crippen molar-refractivity contribution in [1.29, 1.82) is 0 Å². The number of ether oxygens (including phenoxy) is 1. The van der Waals surface area contributed by atoms with Crippen molar-refractivity contribution in [3.05, 3.63) is 65.7 Å². The molecular weight excluding hydrogens is 336 g/mol. The molecule has 1 fully saturated rings. The minimum Gasteiger partial charge on any atom is -0.374 e. The van der Waals surface area contributed by atoms with Crippen molar-refractivity contribution in [2.45, 2.75) is 43.8 Å². The van der Waals surface area contributed by atoms with Gasteiger partial charge in [-0.15, -0.1) is 0 Å². The highest BCUT2D eigenvalue weighted by Crippen LogP contribution is 2.33. The average molecular weight is 360 g/mol. The van der Waals surface area contributed by atoms with E-state index in [1.165, 1.54) is 5.56 Å². The van der Waals surface area contributed by atoms with Gasteiger partial charge in [0.15, 0.2) is 0 Å². The maximum Gasteiger partial charge on any atom is 0.296 e. The predicted octanol–water partition coefficient (Wildman–Crippen LogP) is 4.09. The van der Waals surface area contributed by atoms with Gasteiger partial charge < -0.3 is 4.74 Å². The van der Waals surface area contributed by atoms with Crippen LogP contribution in [0.3, 0.4) is 0 Å². The lowest BCUT2D eigenvalue weighted by Crippen LogP contribution is -2.32. The first-order valence-corrected chi connectivity index (χ1v) is 10.1. The lowest BCUT2D eigenvalue weighted by atomic mass is 9.80. The summed E-state index contributed by atoms with van der Waals surface area (Å²) < 4.78 is 35.2. The third kappa shape index (κ3) is 5.14. The van der Waals surface area contributed by atoms with Crippen molar-refractivity contribution in [1.82, 2.24) is 0 Å². The maximum absolute atomic E-state index is 12.1. The molecule has 1 aliphatic rings. The second-order valence-electron chi connectivity index (χ2n) is 6.63. The number of hydrogen-bond donors (Lipinski definition) is 0. The van der Waals surface area contributed by atoms with Crippen molar-refractivity contribution < 1.29 is 17.3 Å². The summed E-state index contributed by atoms with van der Waals surface area (Å²) in [6.07, 6.45) is 2.97. The lowest BCUT2D eigenvalue weighted by molar-refractivity contribution is -0.0442. The lowest BCUT2D eigenvalue weighted by Gasteiger charge is -2.35. The van der Waals surface area contributed by atoms with Gasteiger partial charge in [0.1, 0.15) is 0 Å². The van der Waals surface area contributed by atoms with Crippen molar-refractivity contribution in [2.24, 2.45) is 5.92 Å². The zero-order valence-corrected chi connectivity index (χ0v) is 15.2. The number of hydrogen-bond acceptors (Lipinski definition) is 4. The molecule has 0 aliphatic heterocycles. The van der Waals surface area contributed by atoms with Crippen molar-refractivity contribution in [3.8, 4) is 0 Å². The van der Waals surface area contributed by atoms with Crippen LogP contribution in [0.15, 0.2) is 59.5 Å². The molecule has 0 amide bonds. The van der Waals surface area contributed by atoms with Crippen LogP contribution < -0.4 is 0 Å². The molecule has 0 unspecified atom stereocenters. The summed E-state index contributed by atoms with van der Waals surface area (Å²) in [5, 5.41) is 0. The van der Waals surface area contributed by atoms with Crippen LogP contribution in [0, 0.1) is 12.8 Å².